The lowest BCUT2D eigenvalue weighted by Crippen LogP contribution is -2.37. The van der Waals surface area contributed by atoms with Gasteiger partial charge in [-0.15, -0.1) is 0 Å². The molecule has 2 rings (SSSR count). The maximum absolute atomic E-state index is 13.2. The number of hydrogen-bond acceptors (Lipinski definition) is 8. The quantitative estimate of drug-likeness (QED) is 0.435. The SMILES string of the molecule is CC1=C(C(=O)OC(C)(C)C)C(c2ncc([N+](=O)[O-])n2C)C(C(=O)OC(C)(C)C)=C(C)N1. The van der Waals surface area contributed by atoms with E-state index in [1.54, 1.807) is 55.4 Å². The van der Waals surface area contributed by atoms with Gasteiger partial charge >= 0.3 is 17.8 Å². The number of nitrogens with one attached hydrogen (secondary N) is 1. The van der Waals surface area contributed by atoms with Crippen LogP contribution in [0, 0.1) is 10.1 Å². The van der Waals surface area contributed by atoms with Crippen LogP contribution in [0.1, 0.15) is 67.1 Å². The van der Waals surface area contributed by atoms with Gasteiger partial charge in [0, 0.05) is 11.4 Å². The van der Waals surface area contributed by atoms with Crippen LogP contribution in [-0.2, 0) is 26.1 Å². The van der Waals surface area contributed by atoms with Crippen molar-refractivity contribution in [3.8, 4) is 0 Å². The third-order valence-corrected chi connectivity index (χ3v) is 4.44. The molecule has 1 N–H and O–H groups in total. The smallest absolute Gasteiger partial charge is 0.342 e. The van der Waals surface area contributed by atoms with Crippen LogP contribution in [0.25, 0.3) is 0 Å². The molecular weight excluding hydrogens is 404 g/mol. The van der Waals surface area contributed by atoms with E-state index < -0.39 is 34.0 Å². The first-order valence-electron chi connectivity index (χ1n) is 9.84. The molecule has 2 heterocycles. The summed E-state index contributed by atoms with van der Waals surface area (Å²) in [4.78, 5) is 41.3. The maximum Gasteiger partial charge on any atom is 0.342 e. The van der Waals surface area contributed by atoms with E-state index in [4.69, 9.17) is 9.47 Å². The first-order valence-corrected chi connectivity index (χ1v) is 9.84. The van der Waals surface area contributed by atoms with Crippen molar-refractivity contribution in [1.29, 1.82) is 0 Å². The highest BCUT2D eigenvalue weighted by Crippen LogP contribution is 2.40. The van der Waals surface area contributed by atoms with Crippen LogP contribution in [0.4, 0.5) is 5.82 Å². The van der Waals surface area contributed by atoms with Gasteiger partial charge < -0.3 is 24.9 Å². The molecule has 0 aromatic carbocycles. The summed E-state index contributed by atoms with van der Waals surface area (Å²) in [7, 11) is 1.46. The number of rotatable bonds is 4. The van der Waals surface area contributed by atoms with Crippen LogP contribution in [0.2, 0.25) is 0 Å². The van der Waals surface area contributed by atoms with Crippen LogP contribution in [-0.4, -0.2) is 37.6 Å². The van der Waals surface area contributed by atoms with Crippen LogP contribution in [0.3, 0.4) is 0 Å². The summed E-state index contributed by atoms with van der Waals surface area (Å²) >= 11 is 0. The first kappa shape index (κ1) is 24.1. The van der Waals surface area contributed by atoms with Crippen molar-refractivity contribution in [2.45, 2.75) is 72.5 Å². The van der Waals surface area contributed by atoms with E-state index in [0.717, 1.165) is 6.20 Å². The number of aromatic nitrogens is 2. The monoisotopic (exact) mass is 434 g/mol. The number of esters is 2. The second-order valence-corrected chi connectivity index (χ2v) is 9.43. The summed E-state index contributed by atoms with van der Waals surface area (Å²) < 4.78 is 12.4. The highest BCUT2D eigenvalue weighted by molar-refractivity contribution is 5.99. The fraction of sp³-hybridized carbons (Fsp3) is 0.571. The molecule has 1 aromatic rings. The third-order valence-electron chi connectivity index (χ3n) is 4.44. The number of imidazole rings is 1. The highest BCUT2D eigenvalue weighted by Gasteiger charge is 2.44. The molecular formula is C21H30N4O6. The summed E-state index contributed by atoms with van der Waals surface area (Å²) in [6.07, 6.45) is 1.10. The molecule has 10 nitrogen and oxygen atoms in total. The van der Waals surface area contributed by atoms with Crippen molar-refractivity contribution in [2.75, 3.05) is 0 Å². The number of ether oxygens (including phenoxy) is 2. The first-order chi connectivity index (χ1) is 14.0. The van der Waals surface area contributed by atoms with Gasteiger partial charge in [0.2, 0.25) is 5.82 Å². The number of hydrogen-bond donors (Lipinski definition) is 1. The van der Waals surface area contributed by atoms with Crippen molar-refractivity contribution in [1.82, 2.24) is 14.9 Å². The lowest BCUT2D eigenvalue weighted by Gasteiger charge is -2.31. The second-order valence-electron chi connectivity index (χ2n) is 9.43. The summed E-state index contributed by atoms with van der Waals surface area (Å²) in [5.41, 5.74) is -0.352. The molecule has 10 heteroatoms. The standard InChI is InChI=1S/C21H30N4O6/c1-11-14(18(26)30-20(3,4)5)16(17-22-10-13(24(17)9)25(28)29)15(12(2)23-11)19(27)31-21(6,7)8/h10,16,23H,1-9H3. The second kappa shape index (κ2) is 8.16. The Morgan fingerprint density at radius 1 is 1.03 bits per heavy atom. The van der Waals surface area contributed by atoms with Gasteiger partial charge in [-0.05, 0) is 60.3 Å². The Bertz CT molecular complexity index is 938. The lowest BCUT2D eigenvalue weighted by atomic mass is 9.84. The Morgan fingerprint density at radius 3 is 1.77 bits per heavy atom. The molecule has 0 atom stereocenters. The molecule has 31 heavy (non-hydrogen) atoms. The van der Waals surface area contributed by atoms with Crippen LogP contribution in [0.5, 0.6) is 0 Å². The highest BCUT2D eigenvalue weighted by atomic mass is 16.6. The van der Waals surface area contributed by atoms with Crippen LogP contribution in [0.15, 0.2) is 28.7 Å². The summed E-state index contributed by atoms with van der Waals surface area (Å²) in [6, 6.07) is 0. The predicted octanol–water partition coefficient (Wildman–Crippen LogP) is 3.25. The third kappa shape index (κ3) is 5.31. The van der Waals surface area contributed by atoms with Gasteiger partial charge in [-0.3, -0.25) is 0 Å². The number of nitro groups is 1. The van der Waals surface area contributed by atoms with Gasteiger partial charge in [0.05, 0.1) is 18.2 Å². The van der Waals surface area contributed by atoms with Crippen molar-refractivity contribution >= 4 is 17.8 Å². The Labute approximate surface area is 181 Å². The largest absolute Gasteiger partial charge is 0.457 e. The number of carbonyl (C=O) groups excluding carboxylic acids is 2. The van der Waals surface area contributed by atoms with Crippen molar-refractivity contribution in [2.24, 2.45) is 7.05 Å². The van der Waals surface area contributed by atoms with E-state index in [1.807, 2.05) is 0 Å². The van der Waals surface area contributed by atoms with Crippen molar-refractivity contribution < 1.29 is 24.0 Å². The number of dihydropyridines is 1. The molecule has 0 saturated carbocycles. The molecule has 1 aliphatic rings. The zero-order valence-corrected chi connectivity index (χ0v) is 19.4. The Morgan fingerprint density at radius 2 is 1.45 bits per heavy atom. The van der Waals surface area contributed by atoms with E-state index in [2.05, 4.69) is 10.3 Å². The minimum Gasteiger partial charge on any atom is -0.457 e. The molecule has 0 fully saturated rings. The number of allylic oxidation sites excluding steroid dienone is 2. The fourth-order valence-electron chi connectivity index (χ4n) is 3.31. The minimum atomic E-state index is -1.01. The molecule has 1 aromatic heterocycles. The summed E-state index contributed by atoms with van der Waals surface area (Å²) in [5.74, 6) is -2.42. The van der Waals surface area contributed by atoms with E-state index in [-0.39, 0.29) is 22.8 Å². The van der Waals surface area contributed by atoms with Gasteiger partial charge in [-0.2, -0.15) is 0 Å². The number of carbonyl (C=O) groups is 2. The van der Waals surface area contributed by atoms with E-state index in [1.165, 1.54) is 11.6 Å². The van der Waals surface area contributed by atoms with E-state index in [0.29, 0.717) is 11.4 Å². The zero-order valence-electron chi connectivity index (χ0n) is 19.4. The molecule has 1 aliphatic heterocycles. The van der Waals surface area contributed by atoms with Gasteiger partial charge in [0.25, 0.3) is 0 Å². The van der Waals surface area contributed by atoms with Crippen LogP contribution < -0.4 is 5.32 Å². The van der Waals surface area contributed by atoms with Crippen LogP contribution >= 0.6 is 0 Å². The Kier molecular flexibility index (Phi) is 6.35. The normalized spacial score (nSPS) is 15.6. The van der Waals surface area contributed by atoms with E-state index in [9.17, 15) is 19.7 Å². The predicted molar refractivity (Wildman–Crippen MR) is 113 cm³/mol. The average Bonchev–Trinajstić information content (AvgIpc) is 2.91. The van der Waals surface area contributed by atoms with E-state index >= 15 is 0 Å². The fourth-order valence-corrected chi connectivity index (χ4v) is 3.31. The molecule has 0 radical (unpaired) electrons. The summed E-state index contributed by atoms with van der Waals surface area (Å²) in [5, 5.41) is 14.4. The van der Waals surface area contributed by atoms with Gasteiger partial charge in [-0.1, -0.05) is 0 Å². The molecule has 0 spiro atoms. The maximum atomic E-state index is 13.2. The van der Waals surface area contributed by atoms with Gasteiger partial charge in [-0.25, -0.2) is 19.1 Å². The molecule has 0 aliphatic carbocycles. The molecule has 0 amide bonds. The Balaban J connectivity index is 2.73. The van der Waals surface area contributed by atoms with Crippen molar-refractivity contribution in [3.63, 3.8) is 0 Å². The number of nitrogens with zero attached hydrogens (tertiary/aromatic N) is 3. The van der Waals surface area contributed by atoms with Gasteiger partial charge in [0.15, 0.2) is 0 Å². The summed E-state index contributed by atoms with van der Waals surface area (Å²) in [6.45, 7) is 13.7. The molecule has 0 unspecified atom stereocenters. The molecule has 0 bridgehead atoms. The van der Waals surface area contributed by atoms with Crippen molar-refractivity contribution in [3.05, 3.63) is 44.7 Å². The molecule has 170 valence electrons. The topological polar surface area (TPSA) is 126 Å². The zero-order chi connectivity index (χ0) is 23.9. The van der Waals surface area contributed by atoms with Gasteiger partial charge in [0.1, 0.15) is 23.3 Å². The lowest BCUT2D eigenvalue weighted by molar-refractivity contribution is -0.391. The minimum absolute atomic E-state index is 0.144. The molecule has 0 saturated heterocycles. The average molecular weight is 434 g/mol. The Hall–Kier alpha value is -3.17.